The van der Waals surface area contributed by atoms with Crippen LogP contribution in [0.5, 0.6) is 0 Å². The summed E-state index contributed by atoms with van der Waals surface area (Å²) in [6.07, 6.45) is 0. The van der Waals surface area contributed by atoms with E-state index in [-0.39, 0.29) is 5.90 Å². The molecule has 58 valence electrons. The van der Waals surface area contributed by atoms with E-state index in [1.807, 2.05) is 0 Å². The van der Waals surface area contributed by atoms with Gasteiger partial charge in [-0.05, 0) is 0 Å². The van der Waals surface area contributed by atoms with Crippen LogP contribution in [0.4, 0.5) is 0 Å². The molecule has 0 aromatic rings. The summed E-state index contributed by atoms with van der Waals surface area (Å²) in [5.41, 5.74) is 2.40. The molecule has 0 radical (unpaired) electrons. The van der Waals surface area contributed by atoms with Crippen LogP contribution in [0.25, 0.3) is 0 Å². The van der Waals surface area contributed by atoms with Gasteiger partial charge in [0.2, 0.25) is 0 Å². The molecule has 0 spiro atoms. The van der Waals surface area contributed by atoms with Crippen LogP contribution in [-0.4, -0.2) is 33.1 Å². The standard InChI is InChI=1S/C5H10N2O3/c1-6-7-4(9-2)5(8)10-3/h6H,1-3H3/b7-4-. The quantitative estimate of drug-likeness (QED) is 0.231. The van der Waals surface area contributed by atoms with E-state index in [0.717, 1.165) is 0 Å². The Morgan fingerprint density at radius 2 is 2.00 bits per heavy atom. The third-order valence-electron chi connectivity index (χ3n) is 0.767. The van der Waals surface area contributed by atoms with Crippen molar-refractivity contribution in [3.05, 3.63) is 0 Å². The predicted octanol–water partition coefficient (Wildman–Crippen LogP) is -0.661. The van der Waals surface area contributed by atoms with Gasteiger partial charge < -0.3 is 14.9 Å². The Hall–Kier alpha value is -1.26. The molecule has 0 aliphatic heterocycles. The van der Waals surface area contributed by atoms with Gasteiger partial charge >= 0.3 is 11.9 Å². The lowest BCUT2D eigenvalue weighted by Gasteiger charge is -2.00. The first-order valence-electron chi connectivity index (χ1n) is 2.63. The average molecular weight is 146 g/mol. The van der Waals surface area contributed by atoms with Crippen LogP contribution in [0.15, 0.2) is 5.10 Å². The Kier molecular flexibility index (Phi) is 4.02. The van der Waals surface area contributed by atoms with Crippen LogP contribution >= 0.6 is 0 Å². The van der Waals surface area contributed by atoms with Crippen molar-refractivity contribution in [2.75, 3.05) is 21.3 Å². The lowest BCUT2D eigenvalue weighted by atomic mass is 10.7. The molecule has 0 aliphatic carbocycles. The molecule has 0 aromatic heterocycles. The highest BCUT2D eigenvalue weighted by Gasteiger charge is 2.10. The highest BCUT2D eigenvalue weighted by molar-refractivity contribution is 6.32. The van der Waals surface area contributed by atoms with Crippen LogP contribution in [-0.2, 0) is 14.3 Å². The van der Waals surface area contributed by atoms with Gasteiger partial charge in [-0.1, -0.05) is 0 Å². The Balaban J connectivity index is 4.06. The number of hydrazone groups is 1. The first-order valence-corrected chi connectivity index (χ1v) is 2.63. The molecule has 0 saturated carbocycles. The van der Waals surface area contributed by atoms with Gasteiger partial charge in [-0.3, -0.25) is 0 Å². The maximum Gasteiger partial charge on any atom is 0.395 e. The molecular weight excluding hydrogens is 136 g/mol. The van der Waals surface area contributed by atoms with Crippen LogP contribution in [0.3, 0.4) is 0 Å². The lowest BCUT2D eigenvalue weighted by Crippen LogP contribution is -2.20. The van der Waals surface area contributed by atoms with E-state index in [0.29, 0.717) is 0 Å². The Labute approximate surface area is 59.0 Å². The second kappa shape index (κ2) is 4.60. The number of rotatable bonds is 1. The maximum atomic E-state index is 10.6. The number of ether oxygens (including phenoxy) is 2. The SMILES string of the molecule is CN/N=C(\OC)C(=O)OC. The molecule has 0 amide bonds. The van der Waals surface area contributed by atoms with E-state index in [2.05, 4.69) is 20.0 Å². The molecule has 1 N–H and O–H groups in total. The predicted molar refractivity (Wildman–Crippen MR) is 35.5 cm³/mol. The number of carbonyl (C=O) groups excluding carboxylic acids is 1. The fourth-order valence-electron chi connectivity index (χ4n) is 0.363. The molecule has 5 heteroatoms. The number of nitrogens with zero attached hydrogens (tertiary/aromatic N) is 1. The second-order valence-corrected chi connectivity index (χ2v) is 1.34. The third kappa shape index (κ3) is 2.34. The van der Waals surface area contributed by atoms with Crippen molar-refractivity contribution < 1.29 is 14.3 Å². The minimum absolute atomic E-state index is 0.0926. The molecule has 0 atom stereocenters. The zero-order valence-corrected chi connectivity index (χ0v) is 6.17. The average Bonchev–Trinajstić information content (AvgIpc) is 1.99. The van der Waals surface area contributed by atoms with Crippen molar-refractivity contribution in [2.45, 2.75) is 0 Å². The number of esters is 1. The van der Waals surface area contributed by atoms with E-state index in [9.17, 15) is 4.79 Å². The van der Waals surface area contributed by atoms with Crippen molar-refractivity contribution in [1.29, 1.82) is 0 Å². The topological polar surface area (TPSA) is 59.9 Å². The van der Waals surface area contributed by atoms with Crippen LogP contribution in [0.2, 0.25) is 0 Å². The van der Waals surface area contributed by atoms with Crippen molar-refractivity contribution in [3.8, 4) is 0 Å². The molecule has 0 fully saturated rings. The van der Waals surface area contributed by atoms with Crippen LogP contribution < -0.4 is 5.43 Å². The summed E-state index contributed by atoms with van der Waals surface area (Å²) in [6.45, 7) is 0. The fourth-order valence-corrected chi connectivity index (χ4v) is 0.363. The van der Waals surface area contributed by atoms with E-state index >= 15 is 0 Å². The number of methoxy groups -OCH3 is 2. The summed E-state index contributed by atoms with van der Waals surface area (Å²) in [7, 11) is 4.15. The van der Waals surface area contributed by atoms with E-state index in [1.54, 1.807) is 7.05 Å². The van der Waals surface area contributed by atoms with Crippen LogP contribution in [0, 0.1) is 0 Å². The maximum absolute atomic E-state index is 10.6. The lowest BCUT2D eigenvalue weighted by molar-refractivity contribution is -0.134. The molecule has 5 nitrogen and oxygen atoms in total. The van der Waals surface area contributed by atoms with E-state index < -0.39 is 5.97 Å². The number of hydrogen-bond acceptors (Lipinski definition) is 5. The summed E-state index contributed by atoms with van der Waals surface area (Å²) in [5, 5.41) is 3.48. The molecular formula is C5H10N2O3. The highest BCUT2D eigenvalue weighted by Crippen LogP contribution is 1.81. The first kappa shape index (κ1) is 8.74. The summed E-state index contributed by atoms with van der Waals surface area (Å²) in [6, 6.07) is 0. The van der Waals surface area contributed by atoms with E-state index in [1.165, 1.54) is 14.2 Å². The second-order valence-electron chi connectivity index (χ2n) is 1.34. The van der Waals surface area contributed by atoms with Gasteiger partial charge in [0.05, 0.1) is 14.2 Å². The molecule has 0 rings (SSSR count). The summed E-state index contributed by atoms with van der Waals surface area (Å²) in [4.78, 5) is 10.6. The van der Waals surface area contributed by atoms with Gasteiger partial charge in [-0.25, -0.2) is 4.79 Å². The molecule has 0 saturated heterocycles. The van der Waals surface area contributed by atoms with Crippen LogP contribution in [0.1, 0.15) is 0 Å². The Morgan fingerprint density at radius 3 is 2.30 bits per heavy atom. The van der Waals surface area contributed by atoms with Gasteiger partial charge in [0.15, 0.2) is 0 Å². The monoisotopic (exact) mass is 146 g/mol. The smallest absolute Gasteiger partial charge is 0.395 e. The number of carbonyl (C=O) groups is 1. The fraction of sp³-hybridized carbons (Fsp3) is 0.600. The van der Waals surface area contributed by atoms with Gasteiger partial charge in [0, 0.05) is 7.05 Å². The number of hydrogen-bond donors (Lipinski definition) is 1. The Morgan fingerprint density at radius 1 is 1.40 bits per heavy atom. The molecule has 0 unspecified atom stereocenters. The minimum Gasteiger partial charge on any atom is -0.475 e. The zero-order chi connectivity index (χ0) is 7.98. The van der Waals surface area contributed by atoms with Gasteiger partial charge in [0.1, 0.15) is 0 Å². The van der Waals surface area contributed by atoms with Gasteiger partial charge in [-0.2, -0.15) is 0 Å². The van der Waals surface area contributed by atoms with Gasteiger partial charge in [-0.15, -0.1) is 5.10 Å². The summed E-state index contributed by atoms with van der Waals surface area (Å²) < 4.78 is 8.88. The Bertz CT molecular complexity index is 144. The minimum atomic E-state index is -0.600. The molecule has 0 aromatic carbocycles. The molecule has 0 bridgehead atoms. The first-order chi connectivity index (χ1) is 4.76. The largest absolute Gasteiger partial charge is 0.475 e. The normalized spacial score (nSPS) is 10.5. The zero-order valence-electron chi connectivity index (χ0n) is 6.17. The van der Waals surface area contributed by atoms with Crippen molar-refractivity contribution in [2.24, 2.45) is 5.10 Å². The van der Waals surface area contributed by atoms with Crippen molar-refractivity contribution >= 4 is 11.9 Å². The molecule has 10 heavy (non-hydrogen) atoms. The number of nitrogens with one attached hydrogen (secondary N) is 1. The van der Waals surface area contributed by atoms with E-state index in [4.69, 9.17) is 0 Å². The molecule has 0 heterocycles. The van der Waals surface area contributed by atoms with Crippen molar-refractivity contribution in [3.63, 3.8) is 0 Å². The summed E-state index contributed by atoms with van der Waals surface area (Å²) >= 11 is 0. The van der Waals surface area contributed by atoms with Crippen molar-refractivity contribution in [1.82, 2.24) is 5.43 Å². The highest BCUT2D eigenvalue weighted by atomic mass is 16.6. The third-order valence-corrected chi connectivity index (χ3v) is 0.767. The van der Waals surface area contributed by atoms with Gasteiger partial charge in [0.25, 0.3) is 0 Å². The molecule has 0 aliphatic rings. The summed E-state index contributed by atoms with van der Waals surface area (Å²) in [5.74, 6) is -0.693.